The van der Waals surface area contributed by atoms with E-state index in [0.29, 0.717) is 24.4 Å². The van der Waals surface area contributed by atoms with Gasteiger partial charge in [0.25, 0.3) is 17.8 Å². The number of hydrogen-bond acceptors (Lipinski definition) is 6. The molecule has 3 saturated heterocycles. The molecule has 3 fully saturated rings. The molecule has 1 aromatic carbocycles. The van der Waals surface area contributed by atoms with Gasteiger partial charge in [0.15, 0.2) is 0 Å². The van der Waals surface area contributed by atoms with Crippen LogP contribution in [0, 0.1) is 0 Å². The Morgan fingerprint density at radius 2 is 1.43 bits per heavy atom. The third-order valence-corrected chi connectivity index (χ3v) is 5.66. The van der Waals surface area contributed by atoms with Gasteiger partial charge < -0.3 is 28.4 Å². The van der Waals surface area contributed by atoms with Crippen molar-refractivity contribution in [3.63, 3.8) is 0 Å². The lowest BCUT2D eigenvalue weighted by molar-refractivity contribution is -0.123. The monoisotopic (exact) mass is 414 g/mol. The standard InChI is InChI=1S/C24H30O6/c1-15-12-21(27-17(3)26-15)8-9-22-14-24(30-18(4)28-22)20-7-5-6-19(13-20)23-10-11-25-16(2)29-23/h5-7,13,15,21-24H,2-4,8-12,14H2,1H3. The molecule has 3 aliphatic heterocycles. The van der Waals surface area contributed by atoms with E-state index in [2.05, 4.69) is 37.9 Å². The third-order valence-electron chi connectivity index (χ3n) is 5.66. The van der Waals surface area contributed by atoms with Gasteiger partial charge in [-0.05, 0) is 56.7 Å². The van der Waals surface area contributed by atoms with Gasteiger partial charge in [0.1, 0.15) is 30.5 Å². The maximum atomic E-state index is 5.93. The van der Waals surface area contributed by atoms with Gasteiger partial charge >= 0.3 is 0 Å². The van der Waals surface area contributed by atoms with Crippen molar-refractivity contribution in [2.24, 2.45) is 0 Å². The number of hydrogen-bond donors (Lipinski definition) is 0. The minimum atomic E-state index is -0.108. The lowest BCUT2D eigenvalue weighted by Gasteiger charge is -2.34. The predicted molar refractivity (Wildman–Crippen MR) is 111 cm³/mol. The molecule has 1 aromatic rings. The van der Waals surface area contributed by atoms with E-state index in [1.807, 2.05) is 13.0 Å². The number of rotatable bonds is 5. The zero-order valence-corrected chi connectivity index (χ0v) is 17.5. The Hall–Kier alpha value is -2.76. The maximum absolute atomic E-state index is 5.93. The molecule has 0 aliphatic carbocycles. The molecule has 30 heavy (non-hydrogen) atoms. The topological polar surface area (TPSA) is 55.4 Å². The molecule has 6 heteroatoms. The lowest BCUT2D eigenvalue weighted by atomic mass is 9.95. The summed E-state index contributed by atoms with van der Waals surface area (Å²) in [5.41, 5.74) is 2.18. The van der Waals surface area contributed by atoms with Gasteiger partial charge in [0.05, 0.1) is 6.61 Å². The Morgan fingerprint density at radius 3 is 2.13 bits per heavy atom. The van der Waals surface area contributed by atoms with Crippen LogP contribution in [-0.2, 0) is 28.4 Å². The SMILES string of the molecule is C=C1OC(C)CC(CCC2CC(c3cccc(C4CCOC(=C)O4)c3)OC(=C)O2)O1. The van der Waals surface area contributed by atoms with Crippen LogP contribution in [-0.4, -0.2) is 24.9 Å². The zero-order valence-electron chi connectivity index (χ0n) is 17.5. The van der Waals surface area contributed by atoms with E-state index in [0.717, 1.165) is 43.2 Å². The van der Waals surface area contributed by atoms with Crippen LogP contribution in [0.15, 0.2) is 61.8 Å². The van der Waals surface area contributed by atoms with Gasteiger partial charge in [-0.15, -0.1) is 0 Å². The molecule has 0 bridgehead atoms. The van der Waals surface area contributed by atoms with Gasteiger partial charge in [-0.25, -0.2) is 0 Å². The first kappa shape index (κ1) is 20.5. The minimum absolute atomic E-state index is 0.0223. The molecule has 0 saturated carbocycles. The van der Waals surface area contributed by atoms with Crippen molar-refractivity contribution < 1.29 is 28.4 Å². The van der Waals surface area contributed by atoms with Gasteiger partial charge in [-0.1, -0.05) is 18.2 Å². The molecule has 0 N–H and O–H groups in total. The Morgan fingerprint density at radius 1 is 0.800 bits per heavy atom. The van der Waals surface area contributed by atoms with E-state index in [4.69, 9.17) is 28.4 Å². The second kappa shape index (κ2) is 8.94. The summed E-state index contributed by atoms with van der Waals surface area (Å²) < 4.78 is 34.0. The molecule has 5 atom stereocenters. The minimum Gasteiger partial charge on any atom is -0.466 e. The van der Waals surface area contributed by atoms with Crippen molar-refractivity contribution in [3.05, 3.63) is 73.0 Å². The third kappa shape index (κ3) is 5.04. The Bertz CT molecular complexity index is 803. The predicted octanol–water partition coefficient (Wildman–Crippen LogP) is 5.40. The first-order valence-corrected chi connectivity index (χ1v) is 10.6. The van der Waals surface area contributed by atoms with E-state index in [1.54, 1.807) is 0 Å². The lowest BCUT2D eigenvalue weighted by Crippen LogP contribution is -2.30. The van der Waals surface area contributed by atoms with Crippen LogP contribution in [0.25, 0.3) is 0 Å². The van der Waals surface area contributed by atoms with Crippen LogP contribution in [0.3, 0.4) is 0 Å². The fourth-order valence-corrected chi connectivity index (χ4v) is 4.27. The van der Waals surface area contributed by atoms with Crippen LogP contribution in [0.5, 0.6) is 0 Å². The first-order valence-electron chi connectivity index (χ1n) is 10.6. The first-order chi connectivity index (χ1) is 14.5. The molecule has 3 aliphatic rings. The smallest absolute Gasteiger partial charge is 0.272 e. The van der Waals surface area contributed by atoms with Crippen LogP contribution >= 0.6 is 0 Å². The molecule has 6 nitrogen and oxygen atoms in total. The van der Waals surface area contributed by atoms with Crippen molar-refractivity contribution in [2.75, 3.05) is 6.61 Å². The quantitative estimate of drug-likeness (QED) is 0.643. The Labute approximate surface area is 178 Å². The average molecular weight is 414 g/mol. The summed E-state index contributed by atoms with van der Waals surface area (Å²) in [5.74, 6) is 1.14. The highest BCUT2D eigenvalue weighted by molar-refractivity contribution is 5.28. The van der Waals surface area contributed by atoms with Crippen molar-refractivity contribution in [1.82, 2.24) is 0 Å². The zero-order chi connectivity index (χ0) is 21.1. The summed E-state index contributed by atoms with van der Waals surface area (Å²) in [6.45, 7) is 14.1. The fourth-order valence-electron chi connectivity index (χ4n) is 4.27. The highest BCUT2D eigenvalue weighted by atomic mass is 16.7. The summed E-state index contributed by atoms with van der Waals surface area (Å²) in [7, 11) is 0. The van der Waals surface area contributed by atoms with Crippen molar-refractivity contribution in [3.8, 4) is 0 Å². The van der Waals surface area contributed by atoms with E-state index in [-0.39, 0.29) is 30.5 Å². The van der Waals surface area contributed by atoms with Crippen LogP contribution in [0.1, 0.15) is 62.4 Å². The molecule has 162 valence electrons. The fraction of sp³-hybridized carbons (Fsp3) is 0.500. The number of benzene rings is 1. The van der Waals surface area contributed by atoms with Crippen LogP contribution in [0.2, 0.25) is 0 Å². The van der Waals surface area contributed by atoms with Crippen LogP contribution in [0.4, 0.5) is 0 Å². The van der Waals surface area contributed by atoms with Crippen molar-refractivity contribution >= 4 is 0 Å². The summed E-state index contributed by atoms with van der Waals surface area (Å²) in [6, 6.07) is 8.31. The summed E-state index contributed by atoms with van der Waals surface area (Å²) in [4.78, 5) is 0. The van der Waals surface area contributed by atoms with E-state index < -0.39 is 0 Å². The number of ether oxygens (including phenoxy) is 6. The summed E-state index contributed by atoms with van der Waals surface area (Å²) in [6.07, 6.45) is 4.21. The Kier molecular flexibility index (Phi) is 6.11. The summed E-state index contributed by atoms with van der Waals surface area (Å²) in [5, 5.41) is 0. The molecule has 4 rings (SSSR count). The summed E-state index contributed by atoms with van der Waals surface area (Å²) >= 11 is 0. The highest BCUT2D eigenvalue weighted by Gasteiger charge is 2.31. The second-order valence-electron chi connectivity index (χ2n) is 8.09. The normalized spacial score (nSPS) is 31.4. The molecule has 0 amide bonds. The largest absolute Gasteiger partial charge is 0.466 e. The molecule has 0 aromatic heterocycles. The molecule has 5 unspecified atom stereocenters. The van der Waals surface area contributed by atoms with Crippen molar-refractivity contribution in [2.45, 2.75) is 69.5 Å². The van der Waals surface area contributed by atoms with E-state index >= 15 is 0 Å². The van der Waals surface area contributed by atoms with Gasteiger partial charge in [-0.3, -0.25) is 0 Å². The van der Waals surface area contributed by atoms with Gasteiger partial charge in [-0.2, -0.15) is 0 Å². The molecule has 0 radical (unpaired) electrons. The Balaban J connectivity index is 1.38. The van der Waals surface area contributed by atoms with Crippen LogP contribution < -0.4 is 0 Å². The van der Waals surface area contributed by atoms with Gasteiger partial charge in [0, 0.05) is 19.3 Å². The molecular weight excluding hydrogens is 384 g/mol. The van der Waals surface area contributed by atoms with Gasteiger partial charge in [0.2, 0.25) is 0 Å². The second-order valence-corrected chi connectivity index (χ2v) is 8.09. The van der Waals surface area contributed by atoms with E-state index in [1.165, 1.54) is 0 Å². The average Bonchev–Trinajstić information content (AvgIpc) is 2.71. The molecule has 3 heterocycles. The van der Waals surface area contributed by atoms with E-state index in [9.17, 15) is 0 Å². The molecule has 0 spiro atoms. The van der Waals surface area contributed by atoms with Crippen molar-refractivity contribution in [1.29, 1.82) is 0 Å². The maximum Gasteiger partial charge on any atom is 0.272 e. The molecular formula is C24H30O6. The highest BCUT2D eigenvalue weighted by Crippen LogP contribution is 2.37.